The lowest BCUT2D eigenvalue weighted by molar-refractivity contribution is -0.143. The number of esters is 1. The molecule has 1 aromatic carbocycles. The summed E-state index contributed by atoms with van der Waals surface area (Å²) in [5.74, 6) is -1.87. The first kappa shape index (κ1) is 19.5. The van der Waals surface area contributed by atoms with Gasteiger partial charge < -0.3 is 4.74 Å². The summed E-state index contributed by atoms with van der Waals surface area (Å²) in [6.07, 6.45) is 0.696. The highest BCUT2D eigenvalue weighted by molar-refractivity contribution is 7.86. The summed E-state index contributed by atoms with van der Waals surface area (Å²) in [7, 11) is -3.74. The Morgan fingerprint density at radius 2 is 2.00 bits per heavy atom. The topological polar surface area (TPSA) is 69.7 Å². The number of carbonyl (C=O) groups excluding carboxylic acids is 1. The molecule has 0 aromatic heterocycles. The van der Waals surface area contributed by atoms with E-state index in [-0.39, 0.29) is 31.4 Å². The van der Waals surface area contributed by atoms with Crippen molar-refractivity contribution in [3.05, 3.63) is 35.4 Å². The van der Waals surface area contributed by atoms with Gasteiger partial charge in [0.2, 0.25) is 0 Å². The Hall–Kier alpha value is -1.54. The van der Waals surface area contributed by atoms with Gasteiger partial charge in [0.25, 0.3) is 10.1 Å². The van der Waals surface area contributed by atoms with Crippen LogP contribution in [0.3, 0.4) is 0 Å². The fraction of sp³-hybridized carbons (Fsp3) is 0.533. The van der Waals surface area contributed by atoms with Crippen molar-refractivity contribution in [2.45, 2.75) is 38.7 Å². The predicted octanol–water partition coefficient (Wildman–Crippen LogP) is 2.59. The van der Waals surface area contributed by atoms with Crippen molar-refractivity contribution in [2.75, 3.05) is 12.9 Å². The van der Waals surface area contributed by atoms with Crippen molar-refractivity contribution in [3.63, 3.8) is 0 Å². The molecule has 1 aromatic rings. The average Bonchev–Trinajstić information content (AvgIpc) is 2.40. The first-order chi connectivity index (χ1) is 10.7. The molecule has 0 aliphatic rings. The molecule has 0 bridgehead atoms. The minimum atomic E-state index is -3.74. The highest BCUT2D eigenvalue weighted by Crippen LogP contribution is 2.18. The summed E-state index contributed by atoms with van der Waals surface area (Å²) >= 11 is 0. The maximum Gasteiger partial charge on any atom is 0.305 e. The van der Waals surface area contributed by atoms with Crippen LogP contribution in [0, 0.1) is 11.6 Å². The van der Waals surface area contributed by atoms with Gasteiger partial charge in [-0.1, -0.05) is 6.07 Å². The molecule has 0 aliphatic heterocycles. The number of hydrogen-bond donors (Lipinski definition) is 0. The fourth-order valence-electron chi connectivity index (χ4n) is 2.07. The van der Waals surface area contributed by atoms with Gasteiger partial charge in [0, 0.05) is 18.9 Å². The smallest absolute Gasteiger partial charge is 0.305 e. The van der Waals surface area contributed by atoms with E-state index in [1.165, 1.54) is 6.07 Å². The quantitative estimate of drug-likeness (QED) is 0.506. The van der Waals surface area contributed by atoms with Crippen LogP contribution in [-0.2, 0) is 30.3 Å². The Morgan fingerprint density at radius 3 is 2.57 bits per heavy atom. The van der Waals surface area contributed by atoms with E-state index in [0.717, 1.165) is 18.4 Å². The summed E-state index contributed by atoms with van der Waals surface area (Å²) in [4.78, 5) is 11.3. The number of halogens is 2. The first-order valence-electron chi connectivity index (χ1n) is 7.19. The Kier molecular flexibility index (Phi) is 7.57. The number of carbonyl (C=O) groups is 1. The molecule has 1 atom stereocenters. The SMILES string of the molecule is CCOC(=O)CCCC(Cc1ccc(F)cc1F)OS(C)(=O)=O. The normalized spacial score (nSPS) is 12.9. The zero-order valence-electron chi connectivity index (χ0n) is 13.1. The van der Waals surface area contributed by atoms with Gasteiger partial charge in [-0.2, -0.15) is 8.42 Å². The molecule has 0 N–H and O–H groups in total. The van der Waals surface area contributed by atoms with E-state index >= 15 is 0 Å². The molecular formula is C15H20F2O5S. The second-order valence-corrected chi connectivity index (χ2v) is 6.66. The Balaban J connectivity index is 2.70. The second kappa shape index (κ2) is 8.93. The third-order valence-electron chi connectivity index (χ3n) is 2.99. The molecule has 130 valence electrons. The van der Waals surface area contributed by atoms with Crippen molar-refractivity contribution < 1.29 is 30.9 Å². The van der Waals surface area contributed by atoms with Gasteiger partial charge in [0.05, 0.1) is 19.0 Å². The van der Waals surface area contributed by atoms with Gasteiger partial charge in [-0.25, -0.2) is 8.78 Å². The highest BCUT2D eigenvalue weighted by Gasteiger charge is 2.19. The van der Waals surface area contributed by atoms with E-state index < -0.39 is 33.8 Å². The third kappa shape index (κ3) is 8.03. The van der Waals surface area contributed by atoms with Crippen LogP contribution in [0.2, 0.25) is 0 Å². The van der Waals surface area contributed by atoms with Crippen LogP contribution < -0.4 is 0 Å². The fourth-order valence-corrected chi connectivity index (χ4v) is 2.73. The van der Waals surface area contributed by atoms with Gasteiger partial charge in [-0.15, -0.1) is 0 Å². The van der Waals surface area contributed by atoms with Crippen LogP contribution in [0.25, 0.3) is 0 Å². The lowest BCUT2D eigenvalue weighted by Gasteiger charge is -2.16. The molecule has 1 rings (SSSR count). The highest BCUT2D eigenvalue weighted by atomic mass is 32.2. The van der Waals surface area contributed by atoms with Crippen LogP contribution in [-0.4, -0.2) is 33.4 Å². The Morgan fingerprint density at radius 1 is 1.30 bits per heavy atom. The van der Waals surface area contributed by atoms with E-state index in [9.17, 15) is 22.0 Å². The monoisotopic (exact) mass is 350 g/mol. The Labute approximate surface area is 134 Å². The van der Waals surface area contributed by atoms with Crippen molar-refractivity contribution >= 4 is 16.1 Å². The summed E-state index contributed by atoms with van der Waals surface area (Å²) < 4.78 is 58.9. The Bertz CT molecular complexity index is 631. The summed E-state index contributed by atoms with van der Waals surface area (Å²) in [6.45, 7) is 1.95. The molecular weight excluding hydrogens is 330 g/mol. The summed E-state index contributed by atoms with van der Waals surface area (Å²) in [6, 6.07) is 3.06. The molecule has 23 heavy (non-hydrogen) atoms. The van der Waals surface area contributed by atoms with Gasteiger partial charge in [-0.05, 0) is 31.4 Å². The van der Waals surface area contributed by atoms with Crippen LogP contribution in [0.15, 0.2) is 18.2 Å². The van der Waals surface area contributed by atoms with E-state index in [2.05, 4.69) is 0 Å². The molecule has 0 aliphatic carbocycles. The lowest BCUT2D eigenvalue weighted by Crippen LogP contribution is -2.21. The second-order valence-electron chi connectivity index (χ2n) is 5.06. The van der Waals surface area contributed by atoms with Gasteiger partial charge in [0.1, 0.15) is 11.6 Å². The molecule has 0 spiro atoms. The maximum atomic E-state index is 13.7. The van der Waals surface area contributed by atoms with Gasteiger partial charge >= 0.3 is 5.97 Å². The summed E-state index contributed by atoms with van der Waals surface area (Å²) in [5, 5.41) is 0. The van der Waals surface area contributed by atoms with Crippen molar-refractivity contribution in [2.24, 2.45) is 0 Å². The van der Waals surface area contributed by atoms with Crippen molar-refractivity contribution in [1.82, 2.24) is 0 Å². The molecule has 0 heterocycles. The van der Waals surface area contributed by atoms with Crippen LogP contribution >= 0.6 is 0 Å². The zero-order chi connectivity index (χ0) is 17.5. The van der Waals surface area contributed by atoms with Gasteiger partial charge in [-0.3, -0.25) is 8.98 Å². The zero-order valence-corrected chi connectivity index (χ0v) is 13.9. The molecule has 5 nitrogen and oxygen atoms in total. The maximum absolute atomic E-state index is 13.7. The van der Waals surface area contributed by atoms with Crippen LogP contribution in [0.4, 0.5) is 8.78 Å². The average molecular weight is 350 g/mol. The van der Waals surface area contributed by atoms with Crippen molar-refractivity contribution in [3.8, 4) is 0 Å². The molecule has 0 saturated heterocycles. The van der Waals surface area contributed by atoms with E-state index in [1.54, 1.807) is 6.92 Å². The van der Waals surface area contributed by atoms with E-state index in [4.69, 9.17) is 8.92 Å². The molecule has 8 heteroatoms. The third-order valence-corrected chi connectivity index (χ3v) is 3.61. The molecule has 0 fully saturated rings. The molecule has 0 radical (unpaired) electrons. The first-order valence-corrected chi connectivity index (χ1v) is 9.00. The molecule has 0 saturated carbocycles. The largest absolute Gasteiger partial charge is 0.466 e. The van der Waals surface area contributed by atoms with Crippen LogP contribution in [0.5, 0.6) is 0 Å². The van der Waals surface area contributed by atoms with Crippen molar-refractivity contribution in [1.29, 1.82) is 0 Å². The molecule has 1 unspecified atom stereocenters. The molecule has 0 amide bonds. The standard InChI is InChI=1S/C15H20F2O5S/c1-3-21-15(18)6-4-5-13(22-23(2,19)20)9-11-7-8-12(16)10-14(11)17/h7-8,10,13H,3-6,9H2,1-2H3. The summed E-state index contributed by atoms with van der Waals surface area (Å²) in [5.41, 5.74) is 0.149. The number of rotatable bonds is 9. The number of ether oxygens (including phenoxy) is 1. The minimum Gasteiger partial charge on any atom is -0.466 e. The number of hydrogen-bond acceptors (Lipinski definition) is 5. The van der Waals surface area contributed by atoms with E-state index in [0.29, 0.717) is 6.42 Å². The van der Waals surface area contributed by atoms with Crippen LogP contribution in [0.1, 0.15) is 31.7 Å². The van der Waals surface area contributed by atoms with Gasteiger partial charge in [0.15, 0.2) is 0 Å². The lowest BCUT2D eigenvalue weighted by atomic mass is 10.0. The predicted molar refractivity (Wildman–Crippen MR) is 80.3 cm³/mol. The number of benzene rings is 1. The van der Waals surface area contributed by atoms with E-state index in [1.807, 2.05) is 0 Å². The minimum absolute atomic E-state index is 0.0397.